The van der Waals surface area contributed by atoms with Gasteiger partial charge in [-0.15, -0.1) is 0 Å². The Labute approximate surface area is 126 Å². The van der Waals surface area contributed by atoms with Crippen LogP contribution in [0.1, 0.15) is 5.56 Å². The fourth-order valence-corrected chi connectivity index (χ4v) is 2.43. The lowest BCUT2D eigenvalue weighted by Gasteiger charge is -2.06. The van der Waals surface area contributed by atoms with Gasteiger partial charge in [0.1, 0.15) is 0 Å². The molecular weight excluding hydrogens is 290 g/mol. The molecule has 1 aromatic carbocycles. The molecule has 0 saturated carbocycles. The highest BCUT2D eigenvalue weighted by atomic mass is 32.2. The van der Waals surface area contributed by atoms with Crippen molar-refractivity contribution in [3.63, 3.8) is 0 Å². The normalized spacial score (nSPS) is 10.3. The number of carbonyl (C=O) groups excluding carboxylic acids is 1. The zero-order valence-corrected chi connectivity index (χ0v) is 12.3. The molecule has 2 N–H and O–H groups in total. The van der Waals surface area contributed by atoms with Crippen LogP contribution >= 0.6 is 11.8 Å². The number of thioether (sulfide) groups is 1. The van der Waals surface area contributed by atoms with Crippen molar-refractivity contribution in [3.8, 4) is 0 Å². The monoisotopic (exact) mass is 305 g/mol. The van der Waals surface area contributed by atoms with Crippen molar-refractivity contribution < 1.29 is 14.7 Å². The molecule has 0 aliphatic carbocycles. The number of aromatic nitrogens is 2. The first kappa shape index (κ1) is 15.1. The first-order valence-corrected chi connectivity index (χ1v) is 7.24. The standard InChI is InChI=1S/C14H15N3O3S/c1-17-7-6-15-14(17)21-9-12(18)16-11-4-2-10(3-5-11)8-13(19)20/h2-7H,8-9H2,1H3,(H,16,18)(H,19,20). The molecule has 0 spiro atoms. The molecule has 2 rings (SSSR count). The number of hydrogen-bond donors (Lipinski definition) is 2. The van der Waals surface area contributed by atoms with Crippen molar-refractivity contribution in [1.82, 2.24) is 9.55 Å². The number of carbonyl (C=O) groups is 2. The van der Waals surface area contributed by atoms with Crippen LogP contribution in [0.2, 0.25) is 0 Å². The van der Waals surface area contributed by atoms with E-state index >= 15 is 0 Å². The molecule has 0 saturated heterocycles. The van der Waals surface area contributed by atoms with Gasteiger partial charge < -0.3 is 15.0 Å². The number of carboxylic acids is 1. The van der Waals surface area contributed by atoms with Crippen LogP contribution in [0.15, 0.2) is 41.8 Å². The van der Waals surface area contributed by atoms with Crippen LogP contribution in [-0.2, 0) is 23.1 Å². The maximum absolute atomic E-state index is 11.8. The molecule has 0 unspecified atom stereocenters. The second-order valence-corrected chi connectivity index (χ2v) is 5.37. The highest BCUT2D eigenvalue weighted by Gasteiger charge is 2.07. The lowest BCUT2D eigenvalue weighted by atomic mass is 10.1. The van der Waals surface area contributed by atoms with Crippen molar-refractivity contribution in [3.05, 3.63) is 42.2 Å². The average molecular weight is 305 g/mol. The van der Waals surface area contributed by atoms with E-state index in [-0.39, 0.29) is 18.1 Å². The molecule has 2 aromatic rings. The van der Waals surface area contributed by atoms with Gasteiger partial charge in [0.2, 0.25) is 5.91 Å². The van der Waals surface area contributed by atoms with Gasteiger partial charge in [-0.2, -0.15) is 0 Å². The first-order valence-electron chi connectivity index (χ1n) is 6.25. The van der Waals surface area contributed by atoms with Crippen LogP contribution in [-0.4, -0.2) is 32.3 Å². The summed E-state index contributed by atoms with van der Waals surface area (Å²) in [6.07, 6.45) is 3.48. The van der Waals surface area contributed by atoms with Gasteiger partial charge >= 0.3 is 5.97 Å². The SMILES string of the molecule is Cn1ccnc1SCC(=O)Nc1ccc(CC(=O)O)cc1. The first-order chi connectivity index (χ1) is 10.0. The van der Waals surface area contributed by atoms with E-state index in [1.54, 1.807) is 30.5 Å². The summed E-state index contributed by atoms with van der Waals surface area (Å²) in [6.45, 7) is 0. The van der Waals surface area contributed by atoms with Crippen molar-refractivity contribution in [2.75, 3.05) is 11.1 Å². The minimum atomic E-state index is -0.877. The third kappa shape index (κ3) is 4.64. The molecule has 0 aliphatic rings. The Kier molecular flexibility index (Phi) is 4.99. The zero-order chi connectivity index (χ0) is 15.2. The number of nitrogens with one attached hydrogen (secondary N) is 1. The summed E-state index contributed by atoms with van der Waals surface area (Å²) in [5.74, 6) is -0.742. The van der Waals surface area contributed by atoms with E-state index in [2.05, 4.69) is 10.3 Å². The number of aryl methyl sites for hydroxylation is 1. The lowest BCUT2D eigenvalue weighted by molar-refractivity contribution is -0.136. The number of anilines is 1. The Hall–Kier alpha value is -2.28. The average Bonchev–Trinajstić information content (AvgIpc) is 2.84. The summed E-state index contributed by atoms with van der Waals surface area (Å²) < 4.78 is 1.85. The van der Waals surface area contributed by atoms with Gasteiger partial charge in [-0.3, -0.25) is 9.59 Å². The quantitative estimate of drug-likeness (QED) is 0.795. The molecule has 1 aromatic heterocycles. The summed E-state index contributed by atoms with van der Waals surface area (Å²) in [4.78, 5) is 26.5. The number of rotatable bonds is 6. The maximum Gasteiger partial charge on any atom is 0.307 e. The lowest BCUT2D eigenvalue weighted by Crippen LogP contribution is -2.14. The van der Waals surface area contributed by atoms with E-state index in [9.17, 15) is 9.59 Å². The maximum atomic E-state index is 11.8. The van der Waals surface area contributed by atoms with Crippen LogP contribution < -0.4 is 5.32 Å². The molecule has 7 heteroatoms. The molecule has 0 bridgehead atoms. The summed E-state index contributed by atoms with van der Waals surface area (Å²) in [5.41, 5.74) is 1.34. The summed E-state index contributed by atoms with van der Waals surface area (Å²) in [7, 11) is 1.87. The van der Waals surface area contributed by atoms with Crippen molar-refractivity contribution in [2.24, 2.45) is 7.05 Å². The fraction of sp³-hybridized carbons (Fsp3) is 0.214. The minimum absolute atomic E-state index is 0.0246. The number of aliphatic carboxylic acids is 1. The van der Waals surface area contributed by atoms with Gasteiger partial charge in [0.05, 0.1) is 12.2 Å². The van der Waals surface area contributed by atoms with E-state index in [1.165, 1.54) is 11.8 Å². The second kappa shape index (κ2) is 6.94. The predicted octanol–water partition coefficient (Wildman–Crippen LogP) is 1.78. The molecule has 21 heavy (non-hydrogen) atoms. The molecule has 110 valence electrons. The van der Waals surface area contributed by atoms with E-state index < -0.39 is 5.97 Å². The minimum Gasteiger partial charge on any atom is -0.481 e. The van der Waals surface area contributed by atoms with E-state index in [1.807, 2.05) is 17.8 Å². The van der Waals surface area contributed by atoms with Crippen LogP contribution in [0.5, 0.6) is 0 Å². The van der Waals surface area contributed by atoms with Crippen molar-refractivity contribution in [2.45, 2.75) is 11.6 Å². The molecule has 0 fully saturated rings. The summed E-state index contributed by atoms with van der Waals surface area (Å²) >= 11 is 1.35. The van der Waals surface area contributed by atoms with E-state index in [0.29, 0.717) is 11.3 Å². The Morgan fingerprint density at radius 2 is 2.05 bits per heavy atom. The number of amides is 1. The number of benzene rings is 1. The molecule has 1 heterocycles. The Balaban J connectivity index is 1.85. The van der Waals surface area contributed by atoms with Gasteiger partial charge in [-0.05, 0) is 17.7 Å². The molecular formula is C14H15N3O3S. The highest BCUT2D eigenvalue weighted by Crippen LogP contribution is 2.15. The predicted molar refractivity (Wildman–Crippen MR) is 80.3 cm³/mol. The Bertz CT molecular complexity index is 637. The van der Waals surface area contributed by atoms with Crippen LogP contribution in [0, 0.1) is 0 Å². The zero-order valence-electron chi connectivity index (χ0n) is 11.4. The van der Waals surface area contributed by atoms with Gasteiger partial charge in [0, 0.05) is 25.1 Å². The molecule has 0 atom stereocenters. The molecule has 1 amide bonds. The third-order valence-electron chi connectivity index (χ3n) is 2.70. The van der Waals surface area contributed by atoms with Crippen LogP contribution in [0.4, 0.5) is 5.69 Å². The second-order valence-electron chi connectivity index (χ2n) is 4.43. The molecule has 6 nitrogen and oxygen atoms in total. The largest absolute Gasteiger partial charge is 0.481 e. The van der Waals surface area contributed by atoms with Gasteiger partial charge in [0.15, 0.2) is 5.16 Å². The molecule has 0 radical (unpaired) electrons. The Morgan fingerprint density at radius 3 is 2.62 bits per heavy atom. The topological polar surface area (TPSA) is 84.2 Å². The van der Waals surface area contributed by atoms with Gasteiger partial charge in [-0.1, -0.05) is 23.9 Å². The van der Waals surface area contributed by atoms with Crippen LogP contribution in [0.25, 0.3) is 0 Å². The fourth-order valence-electron chi connectivity index (χ4n) is 1.70. The summed E-state index contributed by atoms with van der Waals surface area (Å²) in [6, 6.07) is 6.77. The molecule has 0 aliphatic heterocycles. The van der Waals surface area contributed by atoms with Gasteiger partial charge in [-0.25, -0.2) is 4.98 Å². The van der Waals surface area contributed by atoms with E-state index in [4.69, 9.17) is 5.11 Å². The van der Waals surface area contributed by atoms with Crippen LogP contribution in [0.3, 0.4) is 0 Å². The summed E-state index contributed by atoms with van der Waals surface area (Å²) in [5, 5.41) is 12.2. The van der Waals surface area contributed by atoms with Crippen molar-refractivity contribution in [1.29, 1.82) is 0 Å². The van der Waals surface area contributed by atoms with E-state index in [0.717, 1.165) is 5.16 Å². The third-order valence-corrected chi connectivity index (χ3v) is 3.76. The number of carboxylic acid groups (broad SMARTS) is 1. The number of imidazole rings is 1. The number of nitrogens with zero attached hydrogens (tertiary/aromatic N) is 2. The van der Waals surface area contributed by atoms with Crippen molar-refractivity contribution >= 4 is 29.3 Å². The van der Waals surface area contributed by atoms with Gasteiger partial charge in [0.25, 0.3) is 0 Å². The highest BCUT2D eigenvalue weighted by molar-refractivity contribution is 7.99. The number of hydrogen-bond acceptors (Lipinski definition) is 4. The smallest absolute Gasteiger partial charge is 0.307 e. The Morgan fingerprint density at radius 1 is 1.33 bits per heavy atom.